The van der Waals surface area contributed by atoms with Crippen LogP contribution in [0, 0.1) is 0 Å². The molecule has 0 bridgehead atoms. The molecule has 1 N–H and O–H groups in total. The number of hydrogen-bond acceptors (Lipinski definition) is 3. The largest absolute Gasteiger partial charge is 0.489 e. The monoisotopic (exact) mass is 392 g/mol. The van der Waals surface area contributed by atoms with E-state index in [9.17, 15) is 4.79 Å². The molecule has 3 rings (SSSR count). The molecule has 0 heterocycles. The van der Waals surface area contributed by atoms with E-state index < -0.39 is 0 Å². The van der Waals surface area contributed by atoms with E-state index in [0.29, 0.717) is 18.1 Å². The van der Waals surface area contributed by atoms with Gasteiger partial charge in [0.05, 0.1) is 12.1 Å². The van der Waals surface area contributed by atoms with E-state index in [1.165, 1.54) is 0 Å². The molecule has 0 aliphatic heterocycles. The van der Waals surface area contributed by atoms with Crippen LogP contribution in [0.4, 0.5) is 0 Å². The van der Waals surface area contributed by atoms with Gasteiger partial charge in [-0.1, -0.05) is 54.1 Å². The van der Waals surface area contributed by atoms with Gasteiger partial charge in [-0.3, -0.25) is 4.79 Å². The standard InChI is InChI=1S/C23H21ClN2O2/c1-17(25-26-23(27)15-18-5-3-2-4-6-18)20-9-13-22(14-10-20)28-16-19-7-11-21(24)12-8-19/h2-14H,15-16H2,1H3,(H,26,27). The van der Waals surface area contributed by atoms with Crippen molar-refractivity contribution in [2.24, 2.45) is 5.10 Å². The third-order valence-electron chi connectivity index (χ3n) is 4.15. The molecule has 3 aromatic carbocycles. The van der Waals surface area contributed by atoms with Crippen molar-refractivity contribution in [1.29, 1.82) is 0 Å². The highest BCUT2D eigenvalue weighted by Gasteiger charge is 2.04. The zero-order valence-corrected chi connectivity index (χ0v) is 16.3. The Morgan fingerprint density at radius 2 is 1.61 bits per heavy atom. The van der Waals surface area contributed by atoms with Crippen LogP contribution >= 0.6 is 11.6 Å². The molecule has 0 atom stereocenters. The number of hydrazone groups is 1. The summed E-state index contributed by atoms with van der Waals surface area (Å²) < 4.78 is 5.78. The van der Waals surface area contributed by atoms with Crippen molar-refractivity contribution >= 4 is 23.2 Å². The quantitative estimate of drug-likeness (QED) is 0.454. The third-order valence-corrected chi connectivity index (χ3v) is 4.40. The fourth-order valence-electron chi connectivity index (χ4n) is 2.57. The van der Waals surface area contributed by atoms with E-state index in [1.54, 1.807) is 0 Å². The molecule has 0 aliphatic rings. The highest BCUT2D eigenvalue weighted by atomic mass is 35.5. The molecular weight excluding hydrogens is 372 g/mol. The number of halogens is 1. The van der Waals surface area contributed by atoms with Crippen molar-refractivity contribution in [1.82, 2.24) is 5.43 Å². The maximum absolute atomic E-state index is 12.0. The summed E-state index contributed by atoms with van der Waals surface area (Å²) in [4.78, 5) is 12.0. The summed E-state index contributed by atoms with van der Waals surface area (Å²) in [5, 5.41) is 4.89. The Balaban J connectivity index is 1.52. The molecule has 0 aromatic heterocycles. The van der Waals surface area contributed by atoms with Crippen molar-refractivity contribution in [3.63, 3.8) is 0 Å². The van der Waals surface area contributed by atoms with E-state index in [1.807, 2.05) is 85.8 Å². The Labute approximate surface area is 169 Å². The third kappa shape index (κ3) is 5.96. The van der Waals surface area contributed by atoms with Crippen molar-refractivity contribution in [2.75, 3.05) is 0 Å². The molecule has 0 fully saturated rings. The first-order valence-electron chi connectivity index (χ1n) is 8.95. The number of ether oxygens (including phenoxy) is 1. The highest BCUT2D eigenvalue weighted by Crippen LogP contribution is 2.16. The molecule has 1 amide bonds. The van der Waals surface area contributed by atoms with E-state index in [-0.39, 0.29) is 5.91 Å². The molecule has 3 aromatic rings. The fraction of sp³-hybridized carbons (Fsp3) is 0.130. The lowest BCUT2D eigenvalue weighted by Gasteiger charge is -2.08. The number of rotatable bonds is 7. The first kappa shape index (κ1) is 19.6. The zero-order valence-electron chi connectivity index (χ0n) is 15.6. The van der Waals surface area contributed by atoms with Gasteiger partial charge in [0.2, 0.25) is 5.91 Å². The number of benzene rings is 3. The van der Waals surface area contributed by atoms with Gasteiger partial charge in [-0.15, -0.1) is 0 Å². The van der Waals surface area contributed by atoms with Crippen molar-refractivity contribution < 1.29 is 9.53 Å². The summed E-state index contributed by atoms with van der Waals surface area (Å²) in [6, 6.07) is 24.7. The minimum absolute atomic E-state index is 0.145. The second-order valence-corrected chi connectivity index (χ2v) is 6.77. The van der Waals surface area contributed by atoms with E-state index in [0.717, 1.165) is 28.2 Å². The van der Waals surface area contributed by atoms with Crippen molar-refractivity contribution in [3.8, 4) is 5.75 Å². The molecule has 4 nitrogen and oxygen atoms in total. The SMILES string of the molecule is CC(=NNC(=O)Cc1ccccc1)c1ccc(OCc2ccc(Cl)cc2)cc1. The highest BCUT2D eigenvalue weighted by molar-refractivity contribution is 6.30. The lowest BCUT2D eigenvalue weighted by molar-refractivity contribution is -0.120. The summed E-state index contributed by atoms with van der Waals surface area (Å²) in [7, 11) is 0. The molecule has 0 spiro atoms. The Bertz CT molecular complexity index is 937. The summed E-state index contributed by atoms with van der Waals surface area (Å²) in [6.07, 6.45) is 0.301. The number of nitrogens with one attached hydrogen (secondary N) is 1. The summed E-state index contributed by atoms with van der Waals surface area (Å²) in [5.41, 5.74) is 6.25. The predicted molar refractivity (Wildman–Crippen MR) is 113 cm³/mol. The average Bonchev–Trinajstić information content (AvgIpc) is 2.73. The maximum atomic E-state index is 12.0. The maximum Gasteiger partial charge on any atom is 0.244 e. The molecular formula is C23H21ClN2O2. The van der Waals surface area contributed by atoms with Crippen molar-refractivity contribution in [2.45, 2.75) is 20.0 Å². The summed E-state index contributed by atoms with van der Waals surface area (Å²) in [5.74, 6) is 0.619. The Kier molecular flexibility index (Phi) is 6.82. The first-order valence-corrected chi connectivity index (χ1v) is 9.33. The first-order chi connectivity index (χ1) is 13.6. The van der Waals surface area contributed by atoms with Crippen LogP contribution in [-0.2, 0) is 17.8 Å². The predicted octanol–water partition coefficient (Wildman–Crippen LogP) is 5.00. The van der Waals surface area contributed by atoms with Crippen LogP contribution in [0.5, 0.6) is 5.75 Å². The lowest BCUT2D eigenvalue weighted by Crippen LogP contribution is -2.21. The van der Waals surface area contributed by atoms with Crippen LogP contribution in [0.1, 0.15) is 23.6 Å². The minimum atomic E-state index is -0.145. The summed E-state index contributed by atoms with van der Waals surface area (Å²) >= 11 is 5.88. The van der Waals surface area contributed by atoms with Crippen LogP contribution in [0.25, 0.3) is 0 Å². The van der Waals surface area contributed by atoms with Crippen LogP contribution < -0.4 is 10.2 Å². The van der Waals surface area contributed by atoms with Crippen LogP contribution in [-0.4, -0.2) is 11.6 Å². The molecule has 142 valence electrons. The topological polar surface area (TPSA) is 50.7 Å². The number of carbonyl (C=O) groups excluding carboxylic acids is 1. The second kappa shape index (κ2) is 9.72. The van der Waals surface area contributed by atoms with E-state index in [2.05, 4.69) is 10.5 Å². The van der Waals surface area contributed by atoms with Crippen molar-refractivity contribution in [3.05, 3.63) is 101 Å². The Morgan fingerprint density at radius 1 is 0.929 bits per heavy atom. The summed E-state index contributed by atoms with van der Waals surface area (Å²) in [6.45, 7) is 2.32. The normalized spacial score (nSPS) is 11.1. The van der Waals surface area contributed by atoms with Gasteiger partial charge >= 0.3 is 0 Å². The zero-order chi connectivity index (χ0) is 19.8. The molecule has 0 radical (unpaired) electrons. The van der Waals surface area contributed by atoms with Crippen LogP contribution in [0.15, 0.2) is 84.0 Å². The van der Waals surface area contributed by atoms with Gasteiger partial charge < -0.3 is 4.74 Å². The number of amides is 1. The molecule has 0 aliphatic carbocycles. The Hall–Kier alpha value is -3.11. The van der Waals surface area contributed by atoms with Gasteiger partial charge in [0.15, 0.2) is 0 Å². The minimum Gasteiger partial charge on any atom is -0.489 e. The van der Waals surface area contributed by atoms with Crippen LogP contribution in [0.2, 0.25) is 5.02 Å². The second-order valence-electron chi connectivity index (χ2n) is 6.33. The van der Waals surface area contributed by atoms with E-state index >= 15 is 0 Å². The van der Waals surface area contributed by atoms with Crippen LogP contribution in [0.3, 0.4) is 0 Å². The smallest absolute Gasteiger partial charge is 0.244 e. The molecule has 28 heavy (non-hydrogen) atoms. The Morgan fingerprint density at radius 3 is 2.29 bits per heavy atom. The molecule has 0 saturated heterocycles. The molecule has 0 unspecified atom stereocenters. The molecule has 5 heteroatoms. The average molecular weight is 393 g/mol. The van der Waals surface area contributed by atoms with Gasteiger partial charge in [0.1, 0.15) is 12.4 Å². The number of nitrogens with zero attached hydrogens (tertiary/aromatic N) is 1. The van der Waals surface area contributed by atoms with Gasteiger partial charge in [-0.05, 0) is 60.0 Å². The molecule has 0 saturated carbocycles. The van der Waals surface area contributed by atoms with Gasteiger partial charge in [-0.2, -0.15) is 5.10 Å². The van der Waals surface area contributed by atoms with Gasteiger partial charge in [0, 0.05) is 5.02 Å². The fourth-order valence-corrected chi connectivity index (χ4v) is 2.70. The number of carbonyl (C=O) groups is 1. The van der Waals surface area contributed by atoms with Gasteiger partial charge in [0.25, 0.3) is 0 Å². The van der Waals surface area contributed by atoms with E-state index in [4.69, 9.17) is 16.3 Å². The lowest BCUT2D eigenvalue weighted by atomic mass is 10.1. The van der Waals surface area contributed by atoms with Gasteiger partial charge in [-0.25, -0.2) is 5.43 Å². The number of hydrogen-bond donors (Lipinski definition) is 1.